The molecule has 1 aliphatic rings. The topological polar surface area (TPSA) is 55.6 Å². The molecule has 1 aromatic rings. The summed E-state index contributed by atoms with van der Waals surface area (Å²) >= 11 is 0. The maximum Gasteiger partial charge on any atom is 0.240 e. The third kappa shape index (κ3) is 2.86. The van der Waals surface area contributed by atoms with E-state index in [1.54, 1.807) is 0 Å². The average molecular weight is 276 g/mol. The van der Waals surface area contributed by atoms with E-state index in [1.807, 2.05) is 56.0 Å². The number of hydrogen-bond acceptors (Lipinski definition) is 3. The Hall–Kier alpha value is -1.39. The van der Waals surface area contributed by atoms with Crippen LogP contribution < -0.4 is 5.73 Å². The number of nitrogens with zero attached hydrogens (tertiary/aromatic N) is 1. The molecule has 0 saturated carbocycles. The van der Waals surface area contributed by atoms with E-state index in [9.17, 15) is 4.79 Å². The molecule has 2 rings (SSSR count). The van der Waals surface area contributed by atoms with Crippen LogP contribution in [0.1, 0.15) is 38.9 Å². The number of carbonyl (C=O) groups is 1. The molecule has 1 aliphatic heterocycles. The molecule has 4 heteroatoms. The first-order valence-corrected chi connectivity index (χ1v) is 7.30. The molecule has 0 bridgehead atoms. The Morgan fingerprint density at radius 2 is 2.05 bits per heavy atom. The number of benzene rings is 1. The molecule has 110 valence electrons. The predicted molar refractivity (Wildman–Crippen MR) is 79.2 cm³/mol. The van der Waals surface area contributed by atoms with E-state index in [4.69, 9.17) is 10.5 Å². The maximum absolute atomic E-state index is 12.5. The zero-order valence-corrected chi connectivity index (χ0v) is 12.5. The number of rotatable bonds is 3. The highest BCUT2D eigenvalue weighted by Crippen LogP contribution is 2.31. The first kappa shape index (κ1) is 15.0. The van der Waals surface area contributed by atoms with E-state index >= 15 is 0 Å². The molecular formula is C16H24N2O2. The van der Waals surface area contributed by atoms with Crippen molar-refractivity contribution < 1.29 is 9.53 Å². The molecule has 1 heterocycles. The number of morpholine rings is 1. The summed E-state index contributed by atoms with van der Waals surface area (Å²) in [5.41, 5.74) is 7.03. The second kappa shape index (κ2) is 6.37. The Kier molecular flexibility index (Phi) is 4.78. The van der Waals surface area contributed by atoms with Gasteiger partial charge in [-0.15, -0.1) is 0 Å². The first-order chi connectivity index (χ1) is 9.56. The van der Waals surface area contributed by atoms with Crippen LogP contribution in [-0.2, 0) is 9.53 Å². The van der Waals surface area contributed by atoms with Gasteiger partial charge in [-0.05, 0) is 25.8 Å². The molecule has 1 aromatic carbocycles. The van der Waals surface area contributed by atoms with Crippen molar-refractivity contribution in [1.29, 1.82) is 0 Å². The Labute approximate surface area is 120 Å². The van der Waals surface area contributed by atoms with Crippen molar-refractivity contribution in [2.24, 2.45) is 5.73 Å². The smallest absolute Gasteiger partial charge is 0.240 e. The van der Waals surface area contributed by atoms with Crippen LogP contribution >= 0.6 is 0 Å². The standard InChI is InChI=1S/C16H24N2O2/c1-4-14(17)16(19)18-11(2)10-20-15(12(18)3)13-8-6-5-7-9-13/h5-9,11-12,14-15H,4,10,17H2,1-3H3/t11?,12?,14-,15?/m0/s1. The minimum atomic E-state index is -0.422. The zero-order chi connectivity index (χ0) is 14.7. The highest BCUT2D eigenvalue weighted by molar-refractivity contribution is 5.82. The van der Waals surface area contributed by atoms with Crippen LogP contribution in [0.2, 0.25) is 0 Å². The van der Waals surface area contributed by atoms with E-state index in [1.165, 1.54) is 0 Å². The van der Waals surface area contributed by atoms with Crippen molar-refractivity contribution in [1.82, 2.24) is 4.90 Å². The summed E-state index contributed by atoms with van der Waals surface area (Å²) in [5, 5.41) is 0. The molecule has 1 amide bonds. The fourth-order valence-corrected chi connectivity index (χ4v) is 2.81. The van der Waals surface area contributed by atoms with Gasteiger partial charge < -0.3 is 15.4 Å². The lowest BCUT2D eigenvalue weighted by atomic mass is 9.97. The summed E-state index contributed by atoms with van der Waals surface area (Å²) in [6.07, 6.45) is 0.575. The van der Waals surface area contributed by atoms with Crippen molar-refractivity contribution in [2.45, 2.75) is 51.4 Å². The van der Waals surface area contributed by atoms with Crippen molar-refractivity contribution in [2.75, 3.05) is 6.61 Å². The Balaban J connectivity index is 2.22. The molecule has 4 atom stereocenters. The summed E-state index contributed by atoms with van der Waals surface area (Å²) in [7, 11) is 0. The number of amides is 1. The quantitative estimate of drug-likeness (QED) is 0.920. The van der Waals surface area contributed by atoms with Gasteiger partial charge in [0.2, 0.25) is 5.91 Å². The van der Waals surface area contributed by atoms with Crippen molar-refractivity contribution in [3.05, 3.63) is 35.9 Å². The van der Waals surface area contributed by atoms with Crippen LogP contribution in [0.25, 0.3) is 0 Å². The second-order valence-corrected chi connectivity index (χ2v) is 5.51. The molecule has 0 aliphatic carbocycles. The van der Waals surface area contributed by atoms with Gasteiger partial charge in [0.15, 0.2) is 0 Å². The Bertz CT molecular complexity index is 449. The fourth-order valence-electron chi connectivity index (χ4n) is 2.81. The third-order valence-electron chi connectivity index (χ3n) is 4.01. The molecular weight excluding hydrogens is 252 g/mol. The molecule has 0 spiro atoms. The molecule has 20 heavy (non-hydrogen) atoms. The van der Waals surface area contributed by atoms with E-state index < -0.39 is 6.04 Å². The van der Waals surface area contributed by atoms with Gasteiger partial charge in [0.1, 0.15) is 6.10 Å². The molecule has 0 aromatic heterocycles. The van der Waals surface area contributed by atoms with Crippen LogP contribution in [0.4, 0.5) is 0 Å². The minimum absolute atomic E-state index is 0.00810. The van der Waals surface area contributed by atoms with Crippen molar-refractivity contribution in [3.63, 3.8) is 0 Å². The molecule has 4 nitrogen and oxygen atoms in total. The van der Waals surface area contributed by atoms with Gasteiger partial charge in [-0.3, -0.25) is 4.79 Å². The molecule has 1 saturated heterocycles. The SMILES string of the molecule is CC[C@H](N)C(=O)N1C(C)COC(c2ccccc2)C1C. The fraction of sp³-hybridized carbons (Fsp3) is 0.562. The summed E-state index contributed by atoms with van der Waals surface area (Å²) in [5.74, 6) is 0.0248. The highest BCUT2D eigenvalue weighted by Gasteiger charge is 2.38. The van der Waals surface area contributed by atoms with Crippen LogP contribution in [0, 0.1) is 0 Å². The van der Waals surface area contributed by atoms with Gasteiger partial charge in [0, 0.05) is 0 Å². The van der Waals surface area contributed by atoms with E-state index in [2.05, 4.69) is 0 Å². The normalized spacial score (nSPS) is 28.2. The van der Waals surface area contributed by atoms with Gasteiger partial charge in [0.25, 0.3) is 0 Å². The monoisotopic (exact) mass is 276 g/mol. The average Bonchev–Trinajstić information content (AvgIpc) is 2.47. The summed E-state index contributed by atoms with van der Waals surface area (Å²) in [4.78, 5) is 14.4. The summed E-state index contributed by atoms with van der Waals surface area (Å²) < 4.78 is 5.95. The maximum atomic E-state index is 12.5. The lowest BCUT2D eigenvalue weighted by Crippen LogP contribution is -2.57. The van der Waals surface area contributed by atoms with E-state index in [0.29, 0.717) is 13.0 Å². The molecule has 0 radical (unpaired) electrons. The van der Waals surface area contributed by atoms with Gasteiger partial charge in [0.05, 0.1) is 24.7 Å². The van der Waals surface area contributed by atoms with Crippen LogP contribution in [0.3, 0.4) is 0 Å². The lowest BCUT2D eigenvalue weighted by molar-refractivity contribution is -0.154. The van der Waals surface area contributed by atoms with Gasteiger partial charge in [-0.1, -0.05) is 37.3 Å². The Morgan fingerprint density at radius 3 is 2.65 bits per heavy atom. The van der Waals surface area contributed by atoms with Crippen LogP contribution in [0.15, 0.2) is 30.3 Å². The highest BCUT2D eigenvalue weighted by atomic mass is 16.5. The van der Waals surface area contributed by atoms with Crippen LogP contribution in [-0.4, -0.2) is 35.5 Å². The van der Waals surface area contributed by atoms with Gasteiger partial charge in [-0.25, -0.2) is 0 Å². The number of nitrogens with two attached hydrogens (primary N) is 1. The van der Waals surface area contributed by atoms with Crippen molar-refractivity contribution >= 4 is 5.91 Å². The lowest BCUT2D eigenvalue weighted by Gasteiger charge is -2.44. The van der Waals surface area contributed by atoms with Gasteiger partial charge >= 0.3 is 0 Å². The Morgan fingerprint density at radius 1 is 1.40 bits per heavy atom. The second-order valence-electron chi connectivity index (χ2n) is 5.51. The zero-order valence-electron chi connectivity index (χ0n) is 12.5. The summed E-state index contributed by atoms with van der Waals surface area (Å²) in [6, 6.07) is 9.69. The number of hydrogen-bond donors (Lipinski definition) is 1. The molecule has 2 N–H and O–H groups in total. The predicted octanol–water partition coefficient (Wildman–Crippen LogP) is 2.10. The number of carbonyl (C=O) groups excluding carboxylic acids is 1. The molecule has 1 fully saturated rings. The number of ether oxygens (including phenoxy) is 1. The third-order valence-corrected chi connectivity index (χ3v) is 4.01. The first-order valence-electron chi connectivity index (χ1n) is 7.30. The van der Waals surface area contributed by atoms with Crippen molar-refractivity contribution in [3.8, 4) is 0 Å². The van der Waals surface area contributed by atoms with Gasteiger partial charge in [-0.2, -0.15) is 0 Å². The largest absolute Gasteiger partial charge is 0.369 e. The summed E-state index contributed by atoms with van der Waals surface area (Å²) in [6.45, 7) is 6.53. The van der Waals surface area contributed by atoms with E-state index in [-0.39, 0.29) is 24.1 Å². The van der Waals surface area contributed by atoms with Crippen LogP contribution in [0.5, 0.6) is 0 Å². The minimum Gasteiger partial charge on any atom is -0.369 e. The molecule has 3 unspecified atom stereocenters. The van der Waals surface area contributed by atoms with E-state index in [0.717, 1.165) is 5.56 Å².